The number of carbonyl (C=O) groups excluding carboxylic acids is 1. The zero-order chi connectivity index (χ0) is 27.2. The van der Waals surface area contributed by atoms with Gasteiger partial charge >= 0.3 is 6.03 Å². The lowest BCUT2D eigenvalue weighted by Crippen LogP contribution is -2.21. The first-order chi connectivity index (χ1) is 19.0. The predicted molar refractivity (Wildman–Crippen MR) is 154 cm³/mol. The topological polar surface area (TPSA) is 120 Å². The SMILES string of the molecule is CCCCc1cc(NC(=O)Nc2ccc(OCc3ccnc(N)n3)c3ccccc23)n(-c2ccc(C)cc2)n1. The molecule has 0 radical (unpaired) electrons. The van der Waals surface area contributed by atoms with Crippen molar-refractivity contribution in [1.82, 2.24) is 19.7 Å². The summed E-state index contributed by atoms with van der Waals surface area (Å²) in [6.07, 6.45) is 4.55. The van der Waals surface area contributed by atoms with Gasteiger partial charge in [0, 0.05) is 23.0 Å². The molecule has 198 valence electrons. The molecule has 5 rings (SSSR count). The molecule has 0 unspecified atom stereocenters. The Morgan fingerprint density at radius 2 is 1.77 bits per heavy atom. The predicted octanol–water partition coefficient (Wildman–Crippen LogP) is 6.27. The molecule has 2 heterocycles. The fraction of sp³-hybridized carbons (Fsp3) is 0.200. The van der Waals surface area contributed by atoms with Crippen LogP contribution in [0.15, 0.2) is 79.0 Å². The quantitative estimate of drug-likeness (QED) is 0.210. The Morgan fingerprint density at radius 3 is 2.54 bits per heavy atom. The number of nitrogens with zero attached hydrogens (tertiary/aromatic N) is 4. The number of aromatic nitrogens is 4. The number of anilines is 3. The van der Waals surface area contributed by atoms with Crippen LogP contribution in [0, 0.1) is 6.92 Å². The van der Waals surface area contributed by atoms with Crippen molar-refractivity contribution in [2.45, 2.75) is 39.7 Å². The minimum absolute atomic E-state index is 0.202. The number of nitrogens with one attached hydrogen (secondary N) is 2. The van der Waals surface area contributed by atoms with Crippen LogP contribution in [-0.2, 0) is 13.0 Å². The Morgan fingerprint density at radius 1 is 0.974 bits per heavy atom. The molecule has 2 aromatic heterocycles. The number of carbonyl (C=O) groups is 1. The highest BCUT2D eigenvalue weighted by Gasteiger charge is 2.15. The maximum atomic E-state index is 13.2. The molecule has 3 aromatic carbocycles. The molecule has 0 saturated carbocycles. The third-order valence-corrected chi connectivity index (χ3v) is 6.31. The minimum Gasteiger partial charge on any atom is -0.487 e. The molecule has 4 N–H and O–H groups in total. The van der Waals surface area contributed by atoms with E-state index in [9.17, 15) is 4.79 Å². The standard InChI is InChI=1S/C30H31N7O2/c1-3-4-7-21-18-28(37(36-21)23-12-10-20(2)11-13-23)35-30(38)34-26-14-15-27(25-9-6-5-8-24(25)26)39-19-22-16-17-32-29(31)33-22/h5-6,8-18H,3-4,7,19H2,1-2H3,(H2,31,32,33)(H2,34,35,38). The zero-order valence-electron chi connectivity index (χ0n) is 22.0. The second kappa shape index (κ2) is 11.6. The normalized spacial score (nSPS) is 10.9. The maximum absolute atomic E-state index is 13.2. The van der Waals surface area contributed by atoms with E-state index < -0.39 is 0 Å². The lowest BCUT2D eigenvalue weighted by molar-refractivity contribution is 0.262. The highest BCUT2D eigenvalue weighted by molar-refractivity contribution is 6.07. The number of amides is 2. The summed E-state index contributed by atoms with van der Waals surface area (Å²) >= 11 is 0. The van der Waals surface area contributed by atoms with E-state index in [0.29, 0.717) is 22.9 Å². The number of urea groups is 1. The molecule has 9 nitrogen and oxygen atoms in total. The smallest absolute Gasteiger partial charge is 0.324 e. The van der Waals surface area contributed by atoms with Gasteiger partial charge in [0.05, 0.1) is 22.8 Å². The van der Waals surface area contributed by atoms with E-state index in [1.54, 1.807) is 16.9 Å². The van der Waals surface area contributed by atoms with Crippen LogP contribution in [0.4, 0.5) is 22.2 Å². The molecular formula is C30H31N7O2. The fourth-order valence-electron chi connectivity index (χ4n) is 4.30. The summed E-state index contributed by atoms with van der Waals surface area (Å²) in [5.74, 6) is 1.48. The summed E-state index contributed by atoms with van der Waals surface area (Å²) in [7, 11) is 0. The van der Waals surface area contributed by atoms with Crippen LogP contribution in [0.3, 0.4) is 0 Å². The van der Waals surface area contributed by atoms with Gasteiger partial charge in [-0.25, -0.2) is 19.4 Å². The molecule has 0 aliphatic rings. The van der Waals surface area contributed by atoms with Crippen molar-refractivity contribution in [2.75, 3.05) is 16.4 Å². The van der Waals surface area contributed by atoms with Gasteiger partial charge in [-0.15, -0.1) is 0 Å². The summed E-state index contributed by atoms with van der Waals surface area (Å²) < 4.78 is 7.81. The van der Waals surface area contributed by atoms with Crippen LogP contribution in [0.25, 0.3) is 16.5 Å². The fourth-order valence-corrected chi connectivity index (χ4v) is 4.30. The van der Waals surface area contributed by atoms with Gasteiger partial charge in [0.25, 0.3) is 0 Å². The molecule has 0 aliphatic carbocycles. The lowest BCUT2D eigenvalue weighted by Gasteiger charge is -2.14. The number of hydrogen-bond acceptors (Lipinski definition) is 6. The van der Waals surface area contributed by atoms with Crippen LogP contribution in [-0.4, -0.2) is 25.8 Å². The Balaban J connectivity index is 1.36. The third kappa shape index (κ3) is 6.15. The van der Waals surface area contributed by atoms with Crippen molar-refractivity contribution in [3.63, 3.8) is 0 Å². The van der Waals surface area contributed by atoms with Gasteiger partial charge in [0.15, 0.2) is 0 Å². The van der Waals surface area contributed by atoms with Crippen LogP contribution in [0.2, 0.25) is 0 Å². The van der Waals surface area contributed by atoms with Gasteiger partial charge in [0.1, 0.15) is 18.2 Å². The summed E-state index contributed by atoms with van der Waals surface area (Å²) in [6, 6.07) is 22.8. The van der Waals surface area contributed by atoms with Gasteiger partial charge in [-0.3, -0.25) is 5.32 Å². The van der Waals surface area contributed by atoms with Gasteiger partial charge in [-0.1, -0.05) is 55.3 Å². The van der Waals surface area contributed by atoms with E-state index in [-0.39, 0.29) is 18.6 Å². The maximum Gasteiger partial charge on any atom is 0.324 e. The zero-order valence-corrected chi connectivity index (χ0v) is 22.0. The molecule has 39 heavy (non-hydrogen) atoms. The van der Waals surface area contributed by atoms with Gasteiger partial charge < -0.3 is 15.8 Å². The van der Waals surface area contributed by atoms with Crippen LogP contribution in [0.5, 0.6) is 5.75 Å². The van der Waals surface area contributed by atoms with Gasteiger partial charge in [-0.2, -0.15) is 5.10 Å². The van der Waals surface area contributed by atoms with Crippen molar-refractivity contribution in [3.05, 3.63) is 95.9 Å². The molecular weight excluding hydrogens is 490 g/mol. The number of unbranched alkanes of at least 4 members (excludes halogenated alkanes) is 1. The Labute approximate surface area is 227 Å². The van der Waals surface area contributed by atoms with E-state index >= 15 is 0 Å². The van der Waals surface area contributed by atoms with E-state index in [1.807, 2.05) is 73.7 Å². The summed E-state index contributed by atoms with van der Waals surface area (Å²) in [5, 5.41) is 12.5. The molecule has 0 atom stereocenters. The summed E-state index contributed by atoms with van der Waals surface area (Å²) in [4.78, 5) is 21.3. The Bertz CT molecular complexity index is 1600. The van der Waals surface area contributed by atoms with Crippen molar-refractivity contribution >= 4 is 34.3 Å². The number of nitrogens with two attached hydrogens (primary N) is 1. The van der Waals surface area contributed by atoms with Gasteiger partial charge in [-0.05, 0) is 50.1 Å². The third-order valence-electron chi connectivity index (χ3n) is 6.31. The first-order valence-corrected chi connectivity index (χ1v) is 13.0. The molecule has 9 heteroatoms. The molecule has 2 amide bonds. The summed E-state index contributed by atoms with van der Waals surface area (Å²) in [6.45, 7) is 4.43. The van der Waals surface area contributed by atoms with E-state index in [4.69, 9.17) is 15.6 Å². The minimum atomic E-state index is -0.361. The number of hydrogen-bond donors (Lipinski definition) is 3. The van der Waals surface area contributed by atoms with E-state index in [2.05, 4.69) is 27.5 Å². The number of fused-ring (bicyclic) bond motifs is 1. The van der Waals surface area contributed by atoms with Crippen LogP contribution < -0.4 is 21.1 Å². The average molecular weight is 522 g/mol. The van der Waals surface area contributed by atoms with Gasteiger partial charge in [0.2, 0.25) is 5.95 Å². The first-order valence-electron chi connectivity index (χ1n) is 13.0. The molecule has 0 fully saturated rings. The van der Waals surface area contributed by atoms with Crippen LogP contribution in [0.1, 0.15) is 36.7 Å². The number of aryl methyl sites for hydroxylation is 2. The first kappa shape index (κ1) is 25.7. The second-order valence-corrected chi connectivity index (χ2v) is 9.30. The van der Waals surface area contributed by atoms with Crippen molar-refractivity contribution in [1.29, 1.82) is 0 Å². The number of benzene rings is 3. The van der Waals surface area contributed by atoms with Crippen molar-refractivity contribution in [3.8, 4) is 11.4 Å². The Kier molecular flexibility index (Phi) is 7.68. The van der Waals surface area contributed by atoms with Crippen molar-refractivity contribution < 1.29 is 9.53 Å². The molecule has 0 saturated heterocycles. The van der Waals surface area contributed by atoms with E-state index in [0.717, 1.165) is 47.0 Å². The molecule has 0 spiro atoms. The monoisotopic (exact) mass is 521 g/mol. The summed E-state index contributed by atoms with van der Waals surface area (Å²) in [5.41, 5.74) is 10.00. The molecule has 5 aromatic rings. The molecule has 0 aliphatic heterocycles. The number of rotatable bonds is 9. The lowest BCUT2D eigenvalue weighted by atomic mass is 10.1. The highest BCUT2D eigenvalue weighted by Crippen LogP contribution is 2.32. The highest BCUT2D eigenvalue weighted by atomic mass is 16.5. The average Bonchev–Trinajstić information content (AvgIpc) is 3.34. The second-order valence-electron chi connectivity index (χ2n) is 9.30. The van der Waals surface area contributed by atoms with Crippen LogP contribution >= 0.6 is 0 Å². The van der Waals surface area contributed by atoms with Crippen molar-refractivity contribution in [2.24, 2.45) is 0 Å². The largest absolute Gasteiger partial charge is 0.487 e. The molecule has 0 bridgehead atoms. The number of ether oxygens (including phenoxy) is 1. The number of nitrogen functional groups attached to an aromatic ring is 1. The van der Waals surface area contributed by atoms with E-state index in [1.165, 1.54) is 0 Å². The Hall–Kier alpha value is -4.92.